The van der Waals surface area contributed by atoms with Crippen molar-refractivity contribution >= 4 is 40.9 Å². The summed E-state index contributed by atoms with van der Waals surface area (Å²) in [6.45, 7) is 15.1. The summed E-state index contributed by atoms with van der Waals surface area (Å²) in [5, 5.41) is 9.39. The predicted molar refractivity (Wildman–Crippen MR) is 179 cm³/mol. The maximum Gasteiger partial charge on any atom is 0.251 e. The molecular weight excluding hydrogens is 570 g/mol. The van der Waals surface area contributed by atoms with E-state index in [4.69, 9.17) is 0 Å². The third-order valence-corrected chi connectivity index (χ3v) is 11.8. The highest BCUT2D eigenvalue weighted by molar-refractivity contribution is 8.02. The number of fused-ring (bicyclic) bond motifs is 1. The first kappa shape index (κ1) is 32.0. The molecule has 8 heteroatoms. The van der Waals surface area contributed by atoms with Crippen molar-refractivity contribution in [1.29, 1.82) is 0 Å². The van der Waals surface area contributed by atoms with E-state index in [-0.39, 0.29) is 24.3 Å². The van der Waals surface area contributed by atoms with Crippen LogP contribution in [-0.4, -0.2) is 69.5 Å². The van der Waals surface area contributed by atoms with Gasteiger partial charge in [0.2, 0.25) is 11.8 Å². The third-order valence-electron chi connectivity index (χ3n) is 9.77. The van der Waals surface area contributed by atoms with Gasteiger partial charge in [-0.3, -0.25) is 14.4 Å². The number of rotatable bonds is 13. The lowest BCUT2D eigenvalue weighted by Gasteiger charge is -2.38. The predicted octanol–water partition coefficient (Wildman–Crippen LogP) is 5.69. The lowest BCUT2D eigenvalue weighted by Crippen LogP contribution is -2.55. The number of likely N-dealkylation sites (tertiary alicyclic amines) is 1. The SMILES string of the molecule is C=CCN(C(=O)[C@@H]1[C@H]2C(=O)N(CCCCCO)C(C(=O)N(CC=C)c3c(C)cccc3C)C23CC[C@@]1(C)S3)c1ccccc1. The monoisotopic (exact) mass is 615 g/mol. The highest BCUT2D eigenvalue weighted by Gasteiger charge is 2.77. The van der Waals surface area contributed by atoms with Crippen LogP contribution in [0.25, 0.3) is 0 Å². The molecule has 0 aromatic heterocycles. The zero-order chi connectivity index (χ0) is 31.6. The zero-order valence-corrected chi connectivity index (χ0v) is 27.0. The van der Waals surface area contributed by atoms with Crippen LogP contribution >= 0.6 is 11.8 Å². The van der Waals surface area contributed by atoms with Gasteiger partial charge in [0, 0.05) is 42.4 Å². The fourth-order valence-corrected chi connectivity index (χ4v) is 10.3. The molecule has 3 saturated heterocycles. The van der Waals surface area contributed by atoms with Gasteiger partial charge in [-0.25, -0.2) is 0 Å². The maximum absolute atomic E-state index is 15.0. The summed E-state index contributed by atoms with van der Waals surface area (Å²) in [6, 6.07) is 14.8. The summed E-state index contributed by atoms with van der Waals surface area (Å²) in [4.78, 5) is 49.6. The van der Waals surface area contributed by atoms with Crippen molar-refractivity contribution in [3.63, 3.8) is 0 Å². The first-order chi connectivity index (χ1) is 21.1. The second kappa shape index (κ2) is 12.9. The highest BCUT2D eigenvalue weighted by Crippen LogP contribution is 2.71. The van der Waals surface area contributed by atoms with E-state index in [1.165, 1.54) is 0 Å². The lowest BCUT2D eigenvalue weighted by molar-refractivity contribution is -0.139. The van der Waals surface area contributed by atoms with E-state index in [9.17, 15) is 19.5 Å². The molecule has 3 fully saturated rings. The average molecular weight is 616 g/mol. The normalized spacial score (nSPS) is 26.9. The topological polar surface area (TPSA) is 81.2 Å². The number of unbranched alkanes of at least 4 members (excludes halogenated alkanes) is 2. The van der Waals surface area contributed by atoms with Crippen LogP contribution in [0.3, 0.4) is 0 Å². The molecule has 2 unspecified atom stereocenters. The molecule has 7 nitrogen and oxygen atoms in total. The Kier molecular flexibility index (Phi) is 9.42. The second-order valence-corrected chi connectivity index (χ2v) is 14.5. The molecule has 3 amide bonds. The van der Waals surface area contributed by atoms with Crippen molar-refractivity contribution in [3.05, 3.63) is 85.0 Å². The average Bonchev–Trinajstić information content (AvgIpc) is 3.57. The van der Waals surface area contributed by atoms with Crippen LogP contribution in [0, 0.1) is 25.7 Å². The molecular formula is C36H45N3O4S. The zero-order valence-electron chi connectivity index (χ0n) is 26.2. The molecule has 3 heterocycles. The molecule has 2 bridgehead atoms. The summed E-state index contributed by atoms with van der Waals surface area (Å²) in [5.74, 6) is -1.48. The number of aliphatic hydroxyl groups is 1. The number of hydrogen-bond acceptors (Lipinski definition) is 5. The molecule has 2 aromatic carbocycles. The van der Waals surface area contributed by atoms with Gasteiger partial charge < -0.3 is 19.8 Å². The molecule has 2 aromatic rings. The largest absolute Gasteiger partial charge is 0.396 e. The van der Waals surface area contributed by atoms with E-state index in [0.717, 1.165) is 35.3 Å². The number of benzene rings is 2. The van der Waals surface area contributed by atoms with Gasteiger partial charge in [-0.1, -0.05) is 48.6 Å². The summed E-state index contributed by atoms with van der Waals surface area (Å²) < 4.78 is -1.19. The summed E-state index contributed by atoms with van der Waals surface area (Å²) in [7, 11) is 0. The van der Waals surface area contributed by atoms with Crippen molar-refractivity contribution in [2.24, 2.45) is 11.8 Å². The van der Waals surface area contributed by atoms with Gasteiger partial charge in [-0.15, -0.1) is 24.9 Å². The molecule has 0 radical (unpaired) electrons. The van der Waals surface area contributed by atoms with Crippen LogP contribution in [0.4, 0.5) is 11.4 Å². The lowest BCUT2D eigenvalue weighted by atomic mass is 9.66. The summed E-state index contributed by atoms with van der Waals surface area (Å²) in [6.07, 6.45) is 6.97. The number of aliphatic hydroxyl groups excluding tert-OH is 1. The number of anilines is 2. The van der Waals surface area contributed by atoms with E-state index in [0.29, 0.717) is 38.9 Å². The first-order valence-electron chi connectivity index (χ1n) is 15.7. The maximum atomic E-state index is 15.0. The van der Waals surface area contributed by atoms with Gasteiger partial charge in [0.1, 0.15) is 6.04 Å². The number of amides is 3. The van der Waals surface area contributed by atoms with E-state index in [2.05, 4.69) is 20.1 Å². The Balaban J connectivity index is 1.59. The minimum atomic E-state index is -0.716. The molecule has 234 valence electrons. The summed E-state index contributed by atoms with van der Waals surface area (Å²) >= 11 is 1.70. The smallest absolute Gasteiger partial charge is 0.251 e. The third kappa shape index (κ3) is 5.30. The molecule has 3 aliphatic heterocycles. The van der Waals surface area contributed by atoms with Crippen molar-refractivity contribution in [1.82, 2.24) is 4.90 Å². The number of para-hydroxylation sites is 2. The quantitative estimate of drug-likeness (QED) is 0.232. The van der Waals surface area contributed by atoms with Gasteiger partial charge in [0.05, 0.1) is 16.6 Å². The van der Waals surface area contributed by atoms with Crippen molar-refractivity contribution in [3.8, 4) is 0 Å². The highest BCUT2D eigenvalue weighted by atomic mass is 32.2. The molecule has 5 atom stereocenters. The molecule has 1 spiro atoms. The van der Waals surface area contributed by atoms with Gasteiger partial charge >= 0.3 is 0 Å². The van der Waals surface area contributed by atoms with Crippen LogP contribution in [-0.2, 0) is 14.4 Å². The Morgan fingerprint density at radius 3 is 2.25 bits per heavy atom. The summed E-state index contributed by atoms with van der Waals surface area (Å²) in [5.41, 5.74) is 3.59. The second-order valence-electron chi connectivity index (χ2n) is 12.6. The molecule has 44 heavy (non-hydrogen) atoms. The number of nitrogens with zero attached hydrogens (tertiary/aromatic N) is 3. The van der Waals surface area contributed by atoms with Crippen molar-refractivity contribution in [2.75, 3.05) is 36.0 Å². The van der Waals surface area contributed by atoms with Gasteiger partial charge in [0.15, 0.2) is 0 Å². The van der Waals surface area contributed by atoms with Crippen LogP contribution in [0.2, 0.25) is 0 Å². The molecule has 5 rings (SSSR count). The Bertz CT molecular complexity index is 1410. The number of carbonyl (C=O) groups excluding carboxylic acids is 3. The van der Waals surface area contributed by atoms with Crippen LogP contribution in [0.15, 0.2) is 73.8 Å². The first-order valence-corrected chi connectivity index (χ1v) is 16.5. The molecule has 3 aliphatic rings. The van der Waals surface area contributed by atoms with E-state index in [1.54, 1.807) is 38.6 Å². The van der Waals surface area contributed by atoms with Crippen molar-refractivity contribution < 1.29 is 19.5 Å². The van der Waals surface area contributed by atoms with Crippen LogP contribution in [0.5, 0.6) is 0 Å². The van der Waals surface area contributed by atoms with E-state index >= 15 is 0 Å². The molecule has 0 saturated carbocycles. The molecule has 1 N–H and O–H groups in total. The van der Waals surface area contributed by atoms with Crippen LogP contribution < -0.4 is 9.80 Å². The number of thioether (sulfide) groups is 1. The number of carbonyl (C=O) groups is 3. The Hall–Kier alpha value is -3.36. The number of aryl methyl sites for hydroxylation is 2. The Morgan fingerprint density at radius 1 is 0.955 bits per heavy atom. The number of hydrogen-bond donors (Lipinski definition) is 1. The van der Waals surface area contributed by atoms with Gasteiger partial charge in [-0.05, 0) is 76.1 Å². The van der Waals surface area contributed by atoms with E-state index in [1.807, 2.05) is 62.4 Å². The van der Waals surface area contributed by atoms with Gasteiger partial charge in [0.25, 0.3) is 5.91 Å². The van der Waals surface area contributed by atoms with Crippen molar-refractivity contribution in [2.45, 2.75) is 68.4 Å². The molecule has 0 aliphatic carbocycles. The standard InChI is InChI=1S/C36H45N3O4S/c1-6-21-37(27-17-10-8-11-18-27)32(41)28-29-33(42)39(23-12-9-13-24-40)31(36(29)20-19-35(28,5)44-36)34(43)38(22-7-2)30-25(3)15-14-16-26(30)4/h6-8,10-11,14-18,28-29,31,40H,1-2,9,12-13,19-24H2,3-5H3/t28-,29-,31?,35+,36?/m0/s1. The van der Waals surface area contributed by atoms with E-state index < -0.39 is 27.4 Å². The fourth-order valence-electron chi connectivity index (χ4n) is 7.92. The minimum absolute atomic E-state index is 0.0861. The Morgan fingerprint density at radius 2 is 1.61 bits per heavy atom. The Labute approximate surface area is 266 Å². The fraction of sp³-hybridized carbons (Fsp3) is 0.472. The van der Waals surface area contributed by atoms with Gasteiger partial charge in [-0.2, -0.15) is 0 Å². The minimum Gasteiger partial charge on any atom is -0.396 e. The van der Waals surface area contributed by atoms with Crippen LogP contribution in [0.1, 0.15) is 50.2 Å².